The van der Waals surface area contributed by atoms with Gasteiger partial charge in [0.25, 0.3) is 0 Å². The normalized spacial score (nSPS) is 11.3. The molecule has 37 heavy (non-hydrogen) atoms. The second-order valence-corrected chi connectivity index (χ2v) is 11.6. The van der Waals surface area contributed by atoms with Crippen molar-refractivity contribution in [1.82, 2.24) is 9.71 Å². The second kappa shape index (κ2) is 13.1. The lowest BCUT2D eigenvalue weighted by Crippen LogP contribution is -2.29. The molecule has 0 aliphatic heterocycles. The summed E-state index contributed by atoms with van der Waals surface area (Å²) in [5.74, 6) is 0.237. The Morgan fingerprint density at radius 2 is 1.73 bits per heavy atom. The number of hydrogen-bond acceptors (Lipinski definition) is 8. The number of nitrogens with zero attached hydrogens (tertiary/aromatic N) is 1. The van der Waals surface area contributed by atoms with Crippen LogP contribution in [0.4, 0.5) is 21.0 Å². The highest BCUT2D eigenvalue weighted by molar-refractivity contribution is 7.97. The molecule has 1 heterocycles. The van der Waals surface area contributed by atoms with Crippen LogP contribution < -0.4 is 15.4 Å². The van der Waals surface area contributed by atoms with Crippen molar-refractivity contribution in [3.05, 3.63) is 48.7 Å². The summed E-state index contributed by atoms with van der Waals surface area (Å²) in [6.45, 7) is 9.98. The maximum absolute atomic E-state index is 12.0. The summed E-state index contributed by atoms with van der Waals surface area (Å²) in [5, 5.41) is 6.30. The number of nitrogens with one attached hydrogen (secondary N) is 3. The van der Waals surface area contributed by atoms with E-state index in [2.05, 4.69) is 41.1 Å². The van der Waals surface area contributed by atoms with Crippen LogP contribution in [0.3, 0.4) is 0 Å². The molecule has 0 unspecified atom stereocenters. The van der Waals surface area contributed by atoms with Gasteiger partial charge in [0, 0.05) is 39.1 Å². The Balaban J connectivity index is 1.81. The number of carbonyl (C=O) groups excluding carboxylic acids is 2. The molecule has 11 heteroatoms. The van der Waals surface area contributed by atoms with Gasteiger partial charge in [-0.2, -0.15) is 0 Å². The highest BCUT2D eigenvalue weighted by Crippen LogP contribution is 2.38. The molecule has 0 fully saturated rings. The van der Waals surface area contributed by atoms with Gasteiger partial charge in [0.05, 0.1) is 16.9 Å². The molecular formula is C26H31ClN4O4S2. The molecule has 0 aliphatic carbocycles. The minimum absolute atomic E-state index is 0.124. The number of anilines is 2. The summed E-state index contributed by atoms with van der Waals surface area (Å²) >= 11 is 8.64. The van der Waals surface area contributed by atoms with E-state index in [9.17, 15) is 9.59 Å². The Labute approximate surface area is 230 Å². The third-order valence-electron chi connectivity index (χ3n) is 4.50. The van der Waals surface area contributed by atoms with E-state index in [1.165, 1.54) is 11.9 Å². The first kappa shape index (κ1) is 28.8. The Bertz CT molecular complexity index is 1210. The van der Waals surface area contributed by atoms with Crippen molar-refractivity contribution in [3.63, 3.8) is 0 Å². The van der Waals surface area contributed by atoms with Crippen molar-refractivity contribution in [2.45, 2.75) is 51.2 Å². The quantitative estimate of drug-likeness (QED) is 0.182. The number of alkyl halides is 1. The molecule has 1 aromatic heterocycles. The summed E-state index contributed by atoms with van der Waals surface area (Å²) in [7, 11) is 0. The molecular weight excluding hydrogens is 532 g/mol. The second-order valence-electron chi connectivity index (χ2n) is 9.30. The highest BCUT2D eigenvalue weighted by Gasteiger charge is 2.16. The largest absolute Gasteiger partial charge is 0.448 e. The molecule has 3 N–H and O–H groups in total. The number of rotatable bonds is 9. The van der Waals surface area contributed by atoms with E-state index < -0.39 is 12.2 Å². The molecule has 8 nitrogen and oxygen atoms in total. The standard InChI is InChI=1S/C26H31ClN4O4S2/c1-16(2)35-25(33)29-18-8-6-17(7-9-18)23-28-15-22(36-23)20-11-10-19(30-24(32)34-13-12-27)14-21(20)37-31-26(3,4)5/h6-11,14-16,31H,12-13H2,1-5H3,(H,29,33)(H,30,32). The minimum Gasteiger partial charge on any atom is -0.448 e. The number of ether oxygens (including phenoxy) is 2. The lowest BCUT2D eigenvalue weighted by atomic mass is 10.1. The van der Waals surface area contributed by atoms with E-state index >= 15 is 0 Å². The van der Waals surface area contributed by atoms with Crippen LogP contribution in [-0.2, 0) is 9.47 Å². The van der Waals surface area contributed by atoms with Gasteiger partial charge < -0.3 is 9.47 Å². The van der Waals surface area contributed by atoms with Crippen molar-refractivity contribution in [2.75, 3.05) is 23.1 Å². The topological polar surface area (TPSA) is 102 Å². The van der Waals surface area contributed by atoms with Crippen LogP contribution in [0.25, 0.3) is 21.0 Å². The van der Waals surface area contributed by atoms with E-state index in [0.29, 0.717) is 11.4 Å². The fourth-order valence-electron chi connectivity index (χ4n) is 2.97. The van der Waals surface area contributed by atoms with Gasteiger partial charge in [0.2, 0.25) is 0 Å². The van der Waals surface area contributed by atoms with Crippen molar-refractivity contribution in [2.24, 2.45) is 0 Å². The van der Waals surface area contributed by atoms with Gasteiger partial charge >= 0.3 is 12.2 Å². The molecule has 3 rings (SSSR count). The van der Waals surface area contributed by atoms with Gasteiger partial charge in [-0.05, 0) is 83.0 Å². The first-order chi connectivity index (χ1) is 17.5. The number of aromatic nitrogens is 1. The smallest absolute Gasteiger partial charge is 0.411 e. The van der Waals surface area contributed by atoms with Gasteiger partial charge in [0.1, 0.15) is 11.6 Å². The summed E-state index contributed by atoms with van der Waals surface area (Å²) in [6.07, 6.45) is 0.607. The Kier molecular flexibility index (Phi) is 10.2. The van der Waals surface area contributed by atoms with Gasteiger partial charge in [-0.1, -0.05) is 6.07 Å². The van der Waals surface area contributed by atoms with E-state index in [1.54, 1.807) is 25.2 Å². The predicted octanol–water partition coefficient (Wildman–Crippen LogP) is 7.62. The molecule has 3 aromatic rings. The van der Waals surface area contributed by atoms with Gasteiger partial charge in [-0.15, -0.1) is 22.9 Å². The molecule has 198 valence electrons. The molecule has 0 bridgehead atoms. The predicted molar refractivity (Wildman–Crippen MR) is 153 cm³/mol. The Morgan fingerprint density at radius 1 is 1.05 bits per heavy atom. The summed E-state index contributed by atoms with van der Waals surface area (Å²) in [4.78, 5) is 30.4. The Hall–Kier alpha value is -2.79. The molecule has 0 radical (unpaired) electrons. The lowest BCUT2D eigenvalue weighted by molar-refractivity contribution is 0.130. The zero-order valence-corrected chi connectivity index (χ0v) is 23.8. The maximum atomic E-state index is 12.0. The summed E-state index contributed by atoms with van der Waals surface area (Å²) in [5.41, 5.74) is 3.05. The van der Waals surface area contributed by atoms with Crippen LogP contribution in [0.2, 0.25) is 0 Å². The van der Waals surface area contributed by atoms with Crippen LogP contribution in [0, 0.1) is 0 Å². The zero-order valence-electron chi connectivity index (χ0n) is 21.4. The molecule has 0 atom stereocenters. The molecule has 0 aliphatic rings. The summed E-state index contributed by atoms with van der Waals surface area (Å²) in [6, 6.07) is 13.1. The molecule has 0 spiro atoms. The number of thiazole rings is 1. The molecule has 2 amide bonds. The SMILES string of the molecule is CC(C)OC(=O)Nc1ccc(-c2ncc(-c3ccc(NC(=O)OCCCl)cc3SNC(C)(C)C)s2)cc1. The first-order valence-electron chi connectivity index (χ1n) is 11.7. The number of benzene rings is 2. The van der Waals surface area contributed by atoms with E-state index in [-0.39, 0.29) is 24.1 Å². The van der Waals surface area contributed by atoms with Crippen LogP contribution in [-0.4, -0.2) is 41.3 Å². The number of amides is 2. The van der Waals surface area contributed by atoms with Crippen molar-refractivity contribution in [3.8, 4) is 21.0 Å². The van der Waals surface area contributed by atoms with Crippen LogP contribution in [0.1, 0.15) is 34.6 Å². The Morgan fingerprint density at radius 3 is 2.38 bits per heavy atom. The van der Waals surface area contributed by atoms with Crippen molar-refractivity contribution in [1.29, 1.82) is 0 Å². The number of halogens is 1. The van der Waals surface area contributed by atoms with Crippen LogP contribution >= 0.6 is 34.9 Å². The maximum Gasteiger partial charge on any atom is 0.411 e. The van der Waals surface area contributed by atoms with Gasteiger partial charge in [-0.25, -0.2) is 14.6 Å². The number of hydrogen-bond donors (Lipinski definition) is 3. The molecule has 2 aromatic carbocycles. The van der Waals surface area contributed by atoms with Gasteiger partial charge in [0.15, 0.2) is 0 Å². The first-order valence-corrected chi connectivity index (χ1v) is 13.8. The summed E-state index contributed by atoms with van der Waals surface area (Å²) < 4.78 is 13.6. The van der Waals surface area contributed by atoms with Crippen LogP contribution in [0.15, 0.2) is 53.6 Å². The third-order valence-corrected chi connectivity index (χ3v) is 7.00. The lowest BCUT2D eigenvalue weighted by Gasteiger charge is -2.21. The van der Waals surface area contributed by atoms with E-state index in [4.69, 9.17) is 21.1 Å². The average molecular weight is 563 g/mol. The van der Waals surface area contributed by atoms with Crippen LogP contribution in [0.5, 0.6) is 0 Å². The average Bonchev–Trinajstić information content (AvgIpc) is 3.31. The van der Waals surface area contributed by atoms with E-state index in [1.807, 2.05) is 48.7 Å². The third kappa shape index (κ3) is 9.23. The number of carbonyl (C=O) groups is 2. The molecule has 0 saturated carbocycles. The fourth-order valence-corrected chi connectivity index (χ4v) is 4.96. The van der Waals surface area contributed by atoms with E-state index in [0.717, 1.165) is 25.9 Å². The van der Waals surface area contributed by atoms with Crippen molar-refractivity contribution >= 4 is 58.4 Å². The minimum atomic E-state index is -0.552. The zero-order chi connectivity index (χ0) is 27.0. The highest BCUT2D eigenvalue weighted by atomic mass is 35.5. The fraction of sp³-hybridized carbons (Fsp3) is 0.346. The monoisotopic (exact) mass is 562 g/mol. The molecule has 0 saturated heterocycles. The van der Waals surface area contributed by atoms with Gasteiger partial charge in [-0.3, -0.25) is 15.4 Å². The van der Waals surface area contributed by atoms with Crippen molar-refractivity contribution < 1.29 is 19.1 Å².